The van der Waals surface area contributed by atoms with E-state index in [4.69, 9.17) is 18.0 Å². The van der Waals surface area contributed by atoms with E-state index in [9.17, 15) is 0 Å². The molecule has 3 aromatic carbocycles. The number of rotatable bonds is 3. The Bertz CT molecular complexity index is 1400. The molecular formula is C24H17N5S. The van der Waals surface area contributed by atoms with Crippen molar-refractivity contribution in [3.05, 3.63) is 95.8 Å². The van der Waals surface area contributed by atoms with Crippen LogP contribution in [-0.4, -0.2) is 19.7 Å². The minimum Gasteiger partial charge on any atom is -0.384 e. The van der Waals surface area contributed by atoms with E-state index in [-0.39, 0.29) is 0 Å². The van der Waals surface area contributed by atoms with Crippen LogP contribution in [0.4, 0.5) is 5.82 Å². The third-order valence-electron chi connectivity index (χ3n) is 4.97. The van der Waals surface area contributed by atoms with E-state index in [2.05, 4.69) is 15.2 Å². The third kappa shape index (κ3) is 3.03. The average Bonchev–Trinajstić information content (AvgIpc) is 2.80. The van der Waals surface area contributed by atoms with Gasteiger partial charge < -0.3 is 5.73 Å². The first kappa shape index (κ1) is 18.1. The Hall–Kier alpha value is -3.90. The van der Waals surface area contributed by atoms with Crippen LogP contribution in [0.25, 0.3) is 39.1 Å². The van der Waals surface area contributed by atoms with Crippen molar-refractivity contribution in [2.75, 3.05) is 5.73 Å². The lowest BCUT2D eigenvalue weighted by atomic mass is 9.97. The van der Waals surface area contributed by atoms with E-state index in [1.54, 1.807) is 4.57 Å². The summed E-state index contributed by atoms with van der Waals surface area (Å²) in [4.78, 5) is 4.56. The molecule has 0 aliphatic rings. The van der Waals surface area contributed by atoms with E-state index in [0.717, 1.165) is 33.5 Å². The van der Waals surface area contributed by atoms with Gasteiger partial charge in [0.25, 0.3) is 0 Å². The molecule has 6 heteroatoms. The molecule has 0 amide bonds. The largest absolute Gasteiger partial charge is 0.384 e. The number of benzene rings is 3. The van der Waals surface area contributed by atoms with Gasteiger partial charge in [-0.1, -0.05) is 78.9 Å². The van der Waals surface area contributed by atoms with Crippen molar-refractivity contribution in [1.29, 1.82) is 0 Å². The zero-order valence-electron chi connectivity index (χ0n) is 15.9. The summed E-state index contributed by atoms with van der Waals surface area (Å²) in [5.74, 6) is 0.488. The summed E-state index contributed by atoms with van der Waals surface area (Å²) in [7, 11) is 0. The average molecular weight is 408 g/mol. The van der Waals surface area contributed by atoms with E-state index in [1.807, 2.05) is 91.0 Å². The third-order valence-corrected chi connectivity index (χ3v) is 5.24. The van der Waals surface area contributed by atoms with Crippen LogP contribution in [-0.2, 0) is 0 Å². The molecule has 0 radical (unpaired) electrons. The van der Waals surface area contributed by atoms with Crippen molar-refractivity contribution in [3.8, 4) is 28.1 Å². The first-order valence-electron chi connectivity index (χ1n) is 9.49. The molecule has 0 atom stereocenters. The van der Waals surface area contributed by atoms with Gasteiger partial charge in [-0.2, -0.15) is 4.98 Å². The quantitative estimate of drug-likeness (QED) is 0.402. The van der Waals surface area contributed by atoms with Crippen molar-refractivity contribution < 1.29 is 0 Å². The predicted molar refractivity (Wildman–Crippen MR) is 123 cm³/mol. The molecule has 5 nitrogen and oxygen atoms in total. The Kier molecular flexibility index (Phi) is 4.53. The molecule has 0 aliphatic heterocycles. The highest BCUT2D eigenvalue weighted by Gasteiger charge is 2.20. The molecule has 0 saturated carbocycles. The molecule has 0 spiro atoms. The molecular weight excluding hydrogens is 390 g/mol. The van der Waals surface area contributed by atoms with Gasteiger partial charge >= 0.3 is 0 Å². The van der Waals surface area contributed by atoms with Crippen LogP contribution in [0.15, 0.2) is 91.0 Å². The van der Waals surface area contributed by atoms with Crippen LogP contribution < -0.4 is 5.73 Å². The Morgan fingerprint density at radius 2 is 1.27 bits per heavy atom. The molecule has 2 heterocycles. The molecule has 5 rings (SSSR count). The number of fused-ring (bicyclic) bond motifs is 1. The summed E-state index contributed by atoms with van der Waals surface area (Å²) in [6.07, 6.45) is 0. The van der Waals surface area contributed by atoms with E-state index < -0.39 is 0 Å². The molecule has 0 fully saturated rings. The number of nitrogens with zero attached hydrogens (tertiary/aromatic N) is 4. The molecule has 2 aromatic heterocycles. The van der Waals surface area contributed by atoms with Gasteiger partial charge in [0.05, 0.1) is 5.39 Å². The van der Waals surface area contributed by atoms with Crippen LogP contribution in [0.5, 0.6) is 0 Å². The molecule has 0 saturated heterocycles. The van der Waals surface area contributed by atoms with E-state index >= 15 is 0 Å². The van der Waals surface area contributed by atoms with Gasteiger partial charge in [-0.3, -0.25) is 4.57 Å². The van der Waals surface area contributed by atoms with Gasteiger partial charge in [0, 0.05) is 16.8 Å². The second kappa shape index (κ2) is 7.50. The van der Waals surface area contributed by atoms with Crippen molar-refractivity contribution >= 4 is 29.1 Å². The lowest BCUT2D eigenvalue weighted by molar-refractivity contribution is 0.966. The number of hydrogen-bond donors (Lipinski definition) is 1. The highest BCUT2D eigenvalue weighted by molar-refractivity contribution is 7.71. The molecule has 0 unspecified atom stereocenters. The van der Waals surface area contributed by atoms with Gasteiger partial charge in [-0.15, -0.1) is 10.2 Å². The fraction of sp³-hybridized carbons (Fsp3) is 0. The Balaban J connectivity index is 1.94. The molecule has 144 valence electrons. The zero-order chi connectivity index (χ0) is 20.5. The number of nitrogens with two attached hydrogens (primary N) is 1. The maximum Gasteiger partial charge on any atom is 0.207 e. The van der Waals surface area contributed by atoms with Crippen molar-refractivity contribution in [2.24, 2.45) is 0 Å². The highest BCUT2D eigenvalue weighted by Crippen LogP contribution is 2.38. The fourth-order valence-electron chi connectivity index (χ4n) is 3.61. The van der Waals surface area contributed by atoms with Crippen molar-refractivity contribution in [3.63, 3.8) is 0 Å². The molecule has 5 aromatic rings. The molecule has 0 aliphatic carbocycles. The van der Waals surface area contributed by atoms with Gasteiger partial charge in [0.2, 0.25) is 4.77 Å². The number of para-hydroxylation sites is 1. The smallest absolute Gasteiger partial charge is 0.207 e. The lowest BCUT2D eigenvalue weighted by Gasteiger charge is -2.17. The molecule has 30 heavy (non-hydrogen) atoms. The topological polar surface area (TPSA) is 69.6 Å². The molecule has 2 N–H and O–H groups in total. The van der Waals surface area contributed by atoms with Crippen molar-refractivity contribution in [2.45, 2.75) is 0 Å². The van der Waals surface area contributed by atoms with Crippen LogP contribution in [0.2, 0.25) is 0 Å². The second-order valence-corrected chi connectivity index (χ2v) is 7.17. The first-order valence-corrected chi connectivity index (χ1v) is 9.90. The summed E-state index contributed by atoms with van der Waals surface area (Å²) >= 11 is 5.54. The second-order valence-electron chi connectivity index (χ2n) is 6.80. The maximum atomic E-state index is 6.73. The number of anilines is 1. The van der Waals surface area contributed by atoms with Crippen LogP contribution in [0.3, 0.4) is 0 Å². The van der Waals surface area contributed by atoms with Crippen LogP contribution in [0.1, 0.15) is 0 Å². The fourth-order valence-corrected chi connectivity index (χ4v) is 3.90. The Morgan fingerprint density at radius 3 is 1.90 bits per heavy atom. The number of aromatic nitrogens is 4. The molecule has 0 bridgehead atoms. The SMILES string of the molecule is Nc1c2c(-c3ccccc3)c(-c3ccccc3)nnc2nc(=S)n1-c1ccccc1. The van der Waals surface area contributed by atoms with Crippen LogP contribution in [0, 0.1) is 4.77 Å². The summed E-state index contributed by atoms with van der Waals surface area (Å²) in [6.45, 7) is 0. The summed E-state index contributed by atoms with van der Waals surface area (Å²) in [5.41, 5.74) is 11.6. The van der Waals surface area contributed by atoms with Gasteiger partial charge in [-0.25, -0.2) is 0 Å². The normalized spacial score (nSPS) is 10.9. The zero-order valence-corrected chi connectivity index (χ0v) is 16.8. The number of hydrogen-bond acceptors (Lipinski definition) is 5. The Labute approximate surface area is 178 Å². The highest BCUT2D eigenvalue weighted by atomic mass is 32.1. The first-order chi connectivity index (χ1) is 14.7. The standard InChI is InChI=1S/C24H17N5S/c25-22-20-19(16-10-4-1-5-11-16)21(17-12-6-2-7-13-17)27-28-23(20)26-24(30)29(22)18-14-8-3-9-15-18/h1-15H,25H2. The minimum absolute atomic E-state index is 0.340. The Morgan fingerprint density at radius 1 is 0.700 bits per heavy atom. The lowest BCUT2D eigenvalue weighted by Crippen LogP contribution is -2.10. The summed E-state index contributed by atoms with van der Waals surface area (Å²) in [6, 6.07) is 29.7. The monoisotopic (exact) mass is 407 g/mol. The summed E-state index contributed by atoms with van der Waals surface area (Å²) < 4.78 is 2.12. The van der Waals surface area contributed by atoms with Gasteiger partial charge in [0.15, 0.2) is 5.65 Å². The number of nitrogen functional groups attached to an aromatic ring is 1. The maximum absolute atomic E-state index is 6.73. The van der Waals surface area contributed by atoms with Gasteiger partial charge in [-0.05, 0) is 29.9 Å². The summed E-state index contributed by atoms with van der Waals surface area (Å²) in [5, 5.41) is 9.62. The minimum atomic E-state index is 0.340. The van der Waals surface area contributed by atoms with Crippen LogP contribution >= 0.6 is 12.2 Å². The predicted octanol–water partition coefficient (Wildman–Crippen LogP) is 5.46. The van der Waals surface area contributed by atoms with Crippen molar-refractivity contribution in [1.82, 2.24) is 19.7 Å². The van der Waals surface area contributed by atoms with E-state index in [0.29, 0.717) is 16.2 Å². The van der Waals surface area contributed by atoms with E-state index in [1.165, 1.54) is 0 Å². The van der Waals surface area contributed by atoms with Gasteiger partial charge in [0.1, 0.15) is 11.5 Å².